The smallest absolute Gasteiger partial charge is 0.128 e. The Morgan fingerprint density at radius 3 is 2.62 bits per heavy atom. The van der Waals surface area contributed by atoms with Crippen LogP contribution < -0.4 is 10.1 Å². The quantitative estimate of drug-likeness (QED) is 0.836. The van der Waals surface area contributed by atoms with Crippen molar-refractivity contribution in [2.24, 2.45) is 0 Å². The molecule has 0 bridgehead atoms. The molecule has 0 heterocycles. The van der Waals surface area contributed by atoms with E-state index in [1.165, 1.54) is 36.0 Å². The van der Waals surface area contributed by atoms with Crippen molar-refractivity contribution in [1.82, 2.24) is 5.32 Å². The molecule has 0 spiro atoms. The molecular weight excluding hydrogens is 326 g/mol. The second kappa shape index (κ2) is 6.63. The third-order valence-corrected chi connectivity index (χ3v) is 4.63. The molecule has 0 saturated carbocycles. The first-order valence-electron chi connectivity index (χ1n) is 7.55. The topological polar surface area (TPSA) is 21.3 Å². The van der Waals surface area contributed by atoms with Crippen molar-refractivity contribution in [3.8, 4) is 11.5 Å². The molecule has 2 aromatic rings. The van der Waals surface area contributed by atoms with Crippen LogP contribution in [0.1, 0.15) is 30.0 Å². The zero-order chi connectivity index (χ0) is 14.7. The molecule has 1 aliphatic rings. The molecule has 110 valence electrons. The zero-order valence-electron chi connectivity index (χ0n) is 12.3. The van der Waals surface area contributed by atoms with Gasteiger partial charge in [0.05, 0.1) is 0 Å². The second-order valence-electron chi connectivity index (χ2n) is 5.42. The average Bonchev–Trinajstić information content (AvgIpc) is 2.94. The predicted octanol–water partition coefficient (Wildman–Crippen LogP) is 4.84. The highest BCUT2D eigenvalue weighted by atomic mass is 79.9. The van der Waals surface area contributed by atoms with Crippen LogP contribution in [0.25, 0.3) is 0 Å². The molecule has 1 N–H and O–H groups in total. The second-order valence-corrected chi connectivity index (χ2v) is 6.27. The van der Waals surface area contributed by atoms with Crippen LogP contribution in [-0.4, -0.2) is 6.54 Å². The van der Waals surface area contributed by atoms with E-state index in [2.05, 4.69) is 52.4 Å². The van der Waals surface area contributed by atoms with Gasteiger partial charge in [-0.15, -0.1) is 0 Å². The fourth-order valence-corrected chi connectivity index (χ4v) is 3.24. The van der Waals surface area contributed by atoms with E-state index in [-0.39, 0.29) is 0 Å². The lowest BCUT2D eigenvalue weighted by atomic mass is 10.1. The number of rotatable bonds is 5. The lowest BCUT2D eigenvalue weighted by Gasteiger charge is -2.10. The van der Waals surface area contributed by atoms with Crippen molar-refractivity contribution in [3.63, 3.8) is 0 Å². The molecule has 3 rings (SSSR count). The normalized spacial score (nSPS) is 13.2. The molecule has 1 aliphatic carbocycles. The van der Waals surface area contributed by atoms with E-state index in [0.29, 0.717) is 0 Å². The van der Waals surface area contributed by atoms with E-state index in [0.717, 1.165) is 29.1 Å². The highest BCUT2D eigenvalue weighted by Crippen LogP contribution is 2.30. The minimum Gasteiger partial charge on any atom is -0.457 e. The van der Waals surface area contributed by atoms with Gasteiger partial charge in [0.1, 0.15) is 11.5 Å². The van der Waals surface area contributed by atoms with Gasteiger partial charge in [-0.25, -0.2) is 0 Å². The summed E-state index contributed by atoms with van der Waals surface area (Å²) in [6.07, 6.45) is 3.65. The molecule has 0 unspecified atom stereocenters. The van der Waals surface area contributed by atoms with Gasteiger partial charge >= 0.3 is 0 Å². The summed E-state index contributed by atoms with van der Waals surface area (Å²) in [5, 5.41) is 3.33. The number of nitrogens with one attached hydrogen (secondary N) is 1. The molecule has 2 aromatic carbocycles. The predicted molar refractivity (Wildman–Crippen MR) is 90.1 cm³/mol. The Morgan fingerprint density at radius 1 is 1.05 bits per heavy atom. The molecular formula is C18H20BrNO. The van der Waals surface area contributed by atoms with Crippen LogP contribution in [0, 0.1) is 0 Å². The van der Waals surface area contributed by atoms with Gasteiger partial charge in [0, 0.05) is 11.0 Å². The molecule has 0 saturated heterocycles. The van der Waals surface area contributed by atoms with Crippen LogP contribution in [0.4, 0.5) is 0 Å². The van der Waals surface area contributed by atoms with E-state index in [1.807, 2.05) is 12.1 Å². The van der Waals surface area contributed by atoms with Crippen molar-refractivity contribution < 1.29 is 4.74 Å². The fraction of sp³-hybridized carbons (Fsp3) is 0.333. The Hall–Kier alpha value is -1.32. The Kier molecular flexibility index (Phi) is 4.61. The maximum absolute atomic E-state index is 5.99. The summed E-state index contributed by atoms with van der Waals surface area (Å²) in [5.41, 5.74) is 4.16. The molecule has 0 atom stereocenters. The first-order valence-corrected chi connectivity index (χ1v) is 8.34. The van der Waals surface area contributed by atoms with Crippen LogP contribution >= 0.6 is 15.9 Å². The van der Waals surface area contributed by atoms with Crippen LogP contribution in [0.2, 0.25) is 0 Å². The van der Waals surface area contributed by atoms with Crippen molar-refractivity contribution in [1.29, 1.82) is 0 Å². The number of ether oxygens (including phenoxy) is 1. The molecule has 3 heteroatoms. The van der Waals surface area contributed by atoms with E-state index >= 15 is 0 Å². The molecule has 0 fully saturated rings. The Labute approximate surface area is 134 Å². The van der Waals surface area contributed by atoms with Gasteiger partial charge in [0.25, 0.3) is 0 Å². The highest BCUT2D eigenvalue weighted by molar-refractivity contribution is 9.10. The summed E-state index contributed by atoms with van der Waals surface area (Å²) in [5.74, 6) is 1.81. The number of halogens is 1. The molecule has 0 aliphatic heterocycles. The van der Waals surface area contributed by atoms with E-state index < -0.39 is 0 Å². The Morgan fingerprint density at radius 2 is 1.81 bits per heavy atom. The minimum absolute atomic E-state index is 0.871. The SMILES string of the molecule is CCNCc1ccc(Oc2ccc3c(c2)CCC3)cc1Br. The number of fused-ring (bicyclic) bond motifs is 1. The van der Waals surface area contributed by atoms with Crippen LogP contribution in [0.3, 0.4) is 0 Å². The largest absolute Gasteiger partial charge is 0.457 e. The van der Waals surface area contributed by atoms with Crippen molar-refractivity contribution in [2.45, 2.75) is 32.7 Å². The lowest BCUT2D eigenvalue weighted by Crippen LogP contribution is -2.11. The Bertz CT molecular complexity index is 639. The minimum atomic E-state index is 0.871. The molecule has 0 aromatic heterocycles. The third-order valence-electron chi connectivity index (χ3n) is 3.90. The van der Waals surface area contributed by atoms with Gasteiger partial charge < -0.3 is 10.1 Å². The molecule has 21 heavy (non-hydrogen) atoms. The fourth-order valence-electron chi connectivity index (χ4n) is 2.74. The van der Waals surface area contributed by atoms with Crippen molar-refractivity contribution in [3.05, 3.63) is 57.6 Å². The summed E-state index contributed by atoms with van der Waals surface area (Å²) >= 11 is 3.62. The number of hydrogen-bond donors (Lipinski definition) is 1. The van der Waals surface area contributed by atoms with E-state index in [9.17, 15) is 0 Å². The van der Waals surface area contributed by atoms with Crippen LogP contribution in [0.15, 0.2) is 40.9 Å². The van der Waals surface area contributed by atoms with Gasteiger partial charge in [0.2, 0.25) is 0 Å². The number of benzene rings is 2. The maximum Gasteiger partial charge on any atom is 0.128 e. The third kappa shape index (κ3) is 3.47. The maximum atomic E-state index is 5.99. The first-order chi connectivity index (χ1) is 10.3. The monoisotopic (exact) mass is 345 g/mol. The van der Waals surface area contributed by atoms with Crippen LogP contribution in [-0.2, 0) is 19.4 Å². The van der Waals surface area contributed by atoms with Crippen molar-refractivity contribution >= 4 is 15.9 Å². The van der Waals surface area contributed by atoms with E-state index in [1.54, 1.807) is 0 Å². The highest BCUT2D eigenvalue weighted by Gasteiger charge is 2.11. The summed E-state index contributed by atoms with van der Waals surface area (Å²) in [6.45, 7) is 3.95. The summed E-state index contributed by atoms with van der Waals surface area (Å²) in [4.78, 5) is 0. The Balaban J connectivity index is 1.74. The first kappa shape index (κ1) is 14.6. The lowest BCUT2D eigenvalue weighted by molar-refractivity contribution is 0.481. The average molecular weight is 346 g/mol. The van der Waals surface area contributed by atoms with Crippen molar-refractivity contribution in [2.75, 3.05) is 6.54 Å². The molecule has 0 amide bonds. The number of aryl methyl sites for hydroxylation is 2. The van der Waals surface area contributed by atoms with Gasteiger partial charge in [-0.1, -0.05) is 35.0 Å². The number of hydrogen-bond acceptors (Lipinski definition) is 2. The summed E-state index contributed by atoms with van der Waals surface area (Å²) in [6, 6.07) is 12.6. The standard InChI is InChI=1S/C18H20BrNO/c1-2-20-12-15-7-9-17(11-18(15)19)21-16-8-6-13-4-3-5-14(13)10-16/h6-11,20H,2-5,12H2,1H3. The summed E-state index contributed by atoms with van der Waals surface area (Å²) in [7, 11) is 0. The van der Waals surface area contributed by atoms with Crippen LogP contribution in [0.5, 0.6) is 11.5 Å². The van der Waals surface area contributed by atoms with Gasteiger partial charge in [0.15, 0.2) is 0 Å². The van der Waals surface area contributed by atoms with Gasteiger partial charge in [-0.05, 0) is 66.8 Å². The van der Waals surface area contributed by atoms with Gasteiger partial charge in [-0.2, -0.15) is 0 Å². The zero-order valence-corrected chi connectivity index (χ0v) is 13.9. The summed E-state index contributed by atoms with van der Waals surface area (Å²) < 4.78 is 7.08. The molecule has 0 radical (unpaired) electrons. The molecule has 2 nitrogen and oxygen atoms in total. The van der Waals surface area contributed by atoms with Gasteiger partial charge in [-0.3, -0.25) is 0 Å². The van der Waals surface area contributed by atoms with E-state index in [4.69, 9.17) is 4.74 Å².